The Morgan fingerprint density at radius 1 is 0.880 bits per heavy atom. The molecule has 1 heterocycles. The summed E-state index contributed by atoms with van der Waals surface area (Å²) < 4.78 is 5.32. The van der Waals surface area contributed by atoms with E-state index in [1.807, 2.05) is 42.5 Å². The van der Waals surface area contributed by atoms with Crippen LogP contribution < -0.4 is 0 Å². The summed E-state index contributed by atoms with van der Waals surface area (Å²) in [5.74, 6) is -0.260. The Balaban J connectivity index is 1.75. The van der Waals surface area contributed by atoms with Gasteiger partial charge in [0.2, 0.25) is 5.90 Å². The van der Waals surface area contributed by atoms with Crippen LogP contribution >= 0.6 is 23.2 Å². The monoisotopic (exact) mass is 367 g/mol. The molecule has 3 aromatic rings. The lowest BCUT2D eigenvalue weighted by molar-refractivity contribution is -0.129. The summed E-state index contributed by atoms with van der Waals surface area (Å²) in [4.78, 5) is 16.5. The number of benzene rings is 3. The minimum Gasteiger partial charge on any atom is -0.402 e. The van der Waals surface area contributed by atoms with Crippen LogP contribution in [0.2, 0.25) is 10.0 Å². The lowest BCUT2D eigenvalue weighted by Crippen LogP contribution is -2.05. The van der Waals surface area contributed by atoms with E-state index in [2.05, 4.69) is 4.99 Å². The molecule has 1 aliphatic heterocycles. The molecule has 122 valence electrons. The second kappa shape index (κ2) is 6.36. The van der Waals surface area contributed by atoms with Crippen molar-refractivity contribution in [2.75, 3.05) is 0 Å². The van der Waals surface area contributed by atoms with Crippen LogP contribution in [0.15, 0.2) is 71.4 Å². The zero-order valence-corrected chi connectivity index (χ0v) is 14.4. The van der Waals surface area contributed by atoms with Crippen LogP contribution in [-0.2, 0) is 9.53 Å². The van der Waals surface area contributed by atoms with Crippen molar-refractivity contribution in [2.45, 2.75) is 0 Å². The number of fused-ring (bicyclic) bond motifs is 1. The number of carbonyl (C=O) groups excluding carboxylic acids is 1. The number of esters is 1. The van der Waals surface area contributed by atoms with Gasteiger partial charge >= 0.3 is 5.97 Å². The molecular formula is C20H11Cl2NO2. The second-order valence-electron chi connectivity index (χ2n) is 5.53. The number of nitrogens with zero attached hydrogens (tertiary/aromatic N) is 1. The van der Waals surface area contributed by atoms with Crippen molar-refractivity contribution in [1.29, 1.82) is 0 Å². The number of carbonyl (C=O) groups is 1. The molecule has 0 N–H and O–H groups in total. The number of aliphatic imine (C=N–C) groups is 1. The minimum absolute atomic E-state index is 0.165. The minimum atomic E-state index is -0.529. The molecule has 0 aliphatic carbocycles. The predicted octanol–water partition coefficient (Wildman–Crippen LogP) is 5.49. The molecule has 0 bridgehead atoms. The average molecular weight is 368 g/mol. The first-order valence-electron chi connectivity index (χ1n) is 7.57. The highest BCUT2D eigenvalue weighted by Gasteiger charge is 2.25. The zero-order valence-electron chi connectivity index (χ0n) is 12.9. The standard InChI is InChI=1S/C20H11Cl2NO2/c21-16-6-3-7-17(22)15(16)11-18-20(24)25-19(23-18)14-9-8-12-4-1-2-5-13(12)10-14/h1-11H/b18-11-. The summed E-state index contributed by atoms with van der Waals surface area (Å²) in [7, 11) is 0. The van der Waals surface area contributed by atoms with Gasteiger partial charge in [0.25, 0.3) is 0 Å². The van der Waals surface area contributed by atoms with Crippen LogP contribution in [0.3, 0.4) is 0 Å². The highest BCUT2D eigenvalue weighted by atomic mass is 35.5. The Morgan fingerprint density at radius 2 is 1.60 bits per heavy atom. The highest BCUT2D eigenvalue weighted by Crippen LogP contribution is 2.29. The molecule has 1 aliphatic rings. The molecule has 4 rings (SSSR count). The van der Waals surface area contributed by atoms with Crippen LogP contribution in [0.25, 0.3) is 16.8 Å². The SMILES string of the molecule is O=C1OC(c2ccc3ccccc3c2)=N/C1=C\c1c(Cl)cccc1Cl. The molecule has 0 unspecified atom stereocenters. The van der Waals surface area contributed by atoms with Gasteiger partial charge in [0.1, 0.15) is 0 Å². The fraction of sp³-hybridized carbons (Fsp3) is 0. The summed E-state index contributed by atoms with van der Waals surface area (Å²) >= 11 is 12.3. The summed E-state index contributed by atoms with van der Waals surface area (Å²) in [5.41, 5.74) is 1.44. The van der Waals surface area contributed by atoms with Crippen molar-refractivity contribution < 1.29 is 9.53 Å². The van der Waals surface area contributed by atoms with Gasteiger partial charge in [-0.3, -0.25) is 0 Å². The third-order valence-electron chi connectivity index (χ3n) is 3.90. The Labute approximate surface area is 154 Å². The first kappa shape index (κ1) is 15.9. The molecule has 0 aromatic heterocycles. The van der Waals surface area contributed by atoms with E-state index in [9.17, 15) is 4.79 Å². The lowest BCUT2D eigenvalue weighted by Gasteiger charge is -2.02. The predicted molar refractivity (Wildman–Crippen MR) is 101 cm³/mol. The van der Waals surface area contributed by atoms with E-state index in [4.69, 9.17) is 27.9 Å². The van der Waals surface area contributed by atoms with Gasteiger partial charge in [-0.2, -0.15) is 0 Å². The molecular weight excluding hydrogens is 357 g/mol. The molecule has 0 radical (unpaired) electrons. The Hall–Kier alpha value is -2.62. The van der Waals surface area contributed by atoms with Gasteiger partial charge in [-0.1, -0.05) is 59.6 Å². The van der Waals surface area contributed by atoms with Gasteiger partial charge in [-0.25, -0.2) is 9.79 Å². The summed E-state index contributed by atoms with van der Waals surface area (Å²) in [5, 5.41) is 3.05. The first-order chi connectivity index (χ1) is 12.1. The lowest BCUT2D eigenvalue weighted by atomic mass is 10.1. The Kier molecular flexibility index (Phi) is 4.04. The largest absolute Gasteiger partial charge is 0.402 e. The van der Waals surface area contributed by atoms with Gasteiger partial charge in [0.15, 0.2) is 5.70 Å². The Morgan fingerprint density at radius 3 is 2.36 bits per heavy atom. The molecule has 0 amide bonds. The van der Waals surface area contributed by atoms with Crippen molar-refractivity contribution in [3.63, 3.8) is 0 Å². The number of halogens is 2. The van der Waals surface area contributed by atoms with Crippen LogP contribution in [0.4, 0.5) is 0 Å². The number of rotatable bonds is 2. The zero-order chi connectivity index (χ0) is 17.4. The van der Waals surface area contributed by atoms with Gasteiger partial charge < -0.3 is 4.74 Å². The van der Waals surface area contributed by atoms with Crippen LogP contribution in [-0.4, -0.2) is 11.9 Å². The van der Waals surface area contributed by atoms with Crippen molar-refractivity contribution in [2.24, 2.45) is 4.99 Å². The van der Waals surface area contributed by atoms with Crippen LogP contribution in [0, 0.1) is 0 Å². The fourth-order valence-corrected chi connectivity index (χ4v) is 3.15. The van der Waals surface area contributed by atoms with Crippen LogP contribution in [0.1, 0.15) is 11.1 Å². The maximum atomic E-state index is 12.2. The van der Waals surface area contributed by atoms with E-state index in [-0.39, 0.29) is 11.6 Å². The van der Waals surface area contributed by atoms with E-state index in [1.54, 1.807) is 24.3 Å². The molecule has 5 heteroatoms. The van der Waals surface area contributed by atoms with Gasteiger partial charge in [0, 0.05) is 21.2 Å². The first-order valence-corrected chi connectivity index (χ1v) is 8.33. The van der Waals surface area contributed by atoms with Crippen molar-refractivity contribution in [3.8, 4) is 0 Å². The quantitative estimate of drug-likeness (QED) is 0.443. The maximum absolute atomic E-state index is 12.2. The van der Waals surface area contributed by atoms with Crippen LogP contribution in [0.5, 0.6) is 0 Å². The van der Waals surface area contributed by atoms with Crippen molar-refractivity contribution in [1.82, 2.24) is 0 Å². The maximum Gasteiger partial charge on any atom is 0.363 e. The molecule has 0 saturated carbocycles. The molecule has 0 spiro atoms. The fourth-order valence-electron chi connectivity index (χ4n) is 2.64. The van der Waals surface area contributed by atoms with Crippen molar-refractivity contribution in [3.05, 3.63) is 87.5 Å². The smallest absolute Gasteiger partial charge is 0.363 e. The third kappa shape index (κ3) is 3.04. The normalized spacial score (nSPS) is 15.5. The van der Waals surface area contributed by atoms with Gasteiger partial charge in [-0.05, 0) is 41.1 Å². The van der Waals surface area contributed by atoms with Gasteiger partial charge in [-0.15, -0.1) is 0 Å². The number of ether oxygens (including phenoxy) is 1. The summed E-state index contributed by atoms with van der Waals surface area (Å²) in [6.45, 7) is 0. The van der Waals surface area contributed by atoms with E-state index < -0.39 is 5.97 Å². The van der Waals surface area contributed by atoms with E-state index in [0.29, 0.717) is 15.6 Å². The molecule has 0 saturated heterocycles. The molecule has 3 aromatic carbocycles. The average Bonchev–Trinajstić information content (AvgIpc) is 2.98. The van der Waals surface area contributed by atoms with Crippen molar-refractivity contribution >= 4 is 51.9 Å². The number of cyclic esters (lactones) is 1. The van der Waals surface area contributed by atoms with E-state index >= 15 is 0 Å². The summed E-state index contributed by atoms with van der Waals surface area (Å²) in [6.07, 6.45) is 1.54. The molecule has 3 nitrogen and oxygen atoms in total. The topological polar surface area (TPSA) is 38.7 Å². The molecule has 0 fully saturated rings. The Bertz CT molecular complexity index is 1050. The summed E-state index contributed by atoms with van der Waals surface area (Å²) in [6, 6.07) is 18.9. The van der Waals surface area contributed by atoms with E-state index in [1.165, 1.54) is 0 Å². The molecule has 25 heavy (non-hydrogen) atoms. The number of hydrogen-bond donors (Lipinski definition) is 0. The van der Waals surface area contributed by atoms with E-state index in [0.717, 1.165) is 16.3 Å². The second-order valence-corrected chi connectivity index (χ2v) is 6.35. The number of hydrogen-bond acceptors (Lipinski definition) is 3. The molecule has 0 atom stereocenters. The van der Waals surface area contributed by atoms with Gasteiger partial charge in [0.05, 0.1) is 0 Å². The highest BCUT2D eigenvalue weighted by molar-refractivity contribution is 6.37. The third-order valence-corrected chi connectivity index (χ3v) is 4.56.